The maximum Gasteiger partial charge on any atom is 0.249 e. The maximum absolute atomic E-state index is 13.0. The smallest absolute Gasteiger partial charge is 0.249 e. The van der Waals surface area contributed by atoms with Crippen molar-refractivity contribution in [3.05, 3.63) is 54.6 Å². The standard InChI is InChI=1S/C18H20N2O4S/c1-18(17(21)19-14-8-10-16(24-2)11-9-14)12-13-20(25(18,22)23)15-6-4-3-5-7-15/h3-11H,12-13H2,1-2H3,(H,19,21)/t18-/m0/s1. The fourth-order valence-electron chi connectivity index (χ4n) is 2.84. The van der Waals surface area contributed by atoms with Gasteiger partial charge in [-0.25, -0.2) is 8.42 Å². The minimum absolute atomic E-state index is 0.228. The van der Waals surface area contributed by atoms with E-state index in [1.54, 1.807) is 55.6 Å². The van der Waals surface area contributed by atoms with Gasteiger partial charge in [-0.3, -0.25) is 9.10 Å². The van der Waals surface area contributed by atoms with E-state index in [9.17, 15) is 13.2 Å². The molecule has 1 atom stereocenters. The SMILES string of the molecule is COc1ccc(NC(=O)[C@]2(C)CCN(c3ccccc3)S2(=O)=O)cc1. The van der Waals surface area contributed by atoms with Gasteiger partial charge in [0.1, 0.15) is 5.75 Å². The van der Waals surface area contributed by atoms with Crippen LogP contribution in [0.25, 0.3) is 0 Å². The number of carbonyl (C=O) groups is 1. The highest BCUT2D eigenvalue weighted by molar-refractivity contribution is 7.95. The van der Waals surface area contributed by atoms with E-state index in [1.807, 2.05) is 6.07 Å². The first-order chi connectivity index (χ1) is 11.9. The molecule has 0 radical (unpaired) electrons. The second kappa shape index (κ2) is 6.40. The van der Waals surface area contributed by atoms with Crippen LogP contribution in [-0.2, 0) is 14.8 Å². The van der Waals surface area contributed by atoms with Gasteiger partial charge in [0.25, 0.3) is 0 Å². The molecule has 6 nitrogen and oxygen atoms in total. The highest BCUT2D eigenvalue weighted by Gasteiger charge is 2.54. The van der Waals surface area contributed by atoms with Gasteiger partial charge >= 0.3 is 0 Å². The van der Waals surface area contributed by atoms with Gasteiger partial charge in [-0.1, -0.05) is 18.2 Å². The Bertz CT molecular complexity index is 866. The van der Waals surface area contributed by atoms with Crippen molar-refractivity contribution in [1.82, 2.24) is 0 Å². The molecule has 1 N–H and O–H groups in total. The number of methoxy groups -OCH3 is 1. The zero-order valence-electron chi connectivity index (χ0n) is 14.1. The summed E-state index contributed by atoms with van der Waals surface area (Å²) in [7, 11) is -2.26. The van der Waals surface area contributed by atoms with Crippen LogP contribution in [0.3, 0.4) is 0 Å². The van der Waals surface area contributed by atoms with Crippen LogP contribution in [0.4, 0.5) is 11.4 Å². The van der Waals surface area contributed by atoms with Gasteiger partial charge in [0.05, 0.1) is 12.8 Å². The van der Waals surface area contributed by atoms with Crippen molar-refractivity contribution in [3.8, 4) is 5.75 Å². The molecule has 0 saturated carbocycles. The predicted octanol–water partition coefficient (Wildman–Crippen LogP) is 2.63. The van der Waals surface area contributed by atoms with Crippen molar-refractivity contribution in [1.29, 1.82) is 0 Å². The summed E-state index contributed by atoms with van der Waals surface area (Å²) in [6.45, 7) is 1.75. The van der Waals surface area contributed by atoms with Gasteiger partial charge in [-0.2, -0.15) is 0 Å². The lowest BCUT2D eigenvalue weighted by atomic mass is 10.1. The third kappa shape index (κ3) is 2.95. The number of nitrogens with one attached hydrogen (secondary N) is 1. The molecule has 2 aromatic carbocycles. The van der Waals surface area contributed by atoms with Gasteiger partial charge in [0.15, 0.2) is 4.75 Å². The Balaban J connectivity index is 1.84. The van der Waals surface area contributed by atoms with Gasteiger partial charge in [-0.15, -0.1) is 0 Å². The van der Waals surface area contributed by atoms with Crippen molar-refractivity contribution in [3.63, 3.8) is 0 Å². The molecule has 0 unspecified atom stereocenters. The van der Waals surface area contributed by atoms with E-state index in [-0.39, 0.29) is 13.0 Å². The summed E-state index contributed by atoms with van der Waals surface area (Å²) >= 11 is 0. The second-order valence-electron chi connectivity index (χ2n) is 6.08. The summed E-state index contributed by atoms with van der Waals surface area (Å²) in [6.07, 6.45) is 0.228. The number of nitrogens with zero attached hydrogens (tertiary/aromatic N) is 1. The van der Waals surface area contributed by atoms with Crippen LogP contribution >= 0.6 is 0 Å². The van der Waals surface area contributed by atoms with Crippen molar-refractivity contribution in [2.45, 2.75) is 18.1 Å². The molecule has 1 amide bonds. The summed E-state index contributed by atoms with van der Waals surface area (Å²) in [4.78, 5) is 12.7. The number of carbonyl (C=O) groups excluding carboxylic acids is 1. The van der Waals surface area contributed by atoms with Crippen LogP contribution in [0.1, 0.15) is 13.3 Å². The van der Waals surface area contributed by atoms with E-state index >= 15 is 0 Å². The van der Waals surface area contributed by atoms with E-state index < -0.39 is 20.7 Å². The number of hydrogen-bond donors (Lipinski definition) is 1. The molecule has 3 rings (SSSR count). The molecule has 1 heterocycles. The summed E-state index contributed by atoms with van der Waals surface area (Å²) in [5.74, 6) is 0.129. The van der Waals surface area contributed by atoms with Crippen LogP contribution in [0.2, 0.25) is 0 Å². The molecule has 1 aliphatic heterocycles. The van der Waals surface area contributed by atoms with E-state index in [2.05, 4.69) is 5.32 Å². The number of anilines is 2. The minimum atomic E-state index is -3.82. The quantitative estimate of drug-likeness (QED) is 0.909. The van der Waals surface area contributed by atoms with Gasteiger partial charge in [-0.05, 0) is 49.7 Å². The van der Waals surface area contributed by atoms with Gasteiger partial charge in [0.2, 0.25) is 15.9 Å². The summed E-state index contributed by atoms with van der Waals surface area (Å²) in [5.41, 5.74) is 1.10. The molecule has 25 heavy (non-hydrogen) atoms. The molecule has 2 aromatic rings. The van der Waals surface area contributed by atoms with Crippen LogP contribution < -0.4 is 14.4 Å². The molecule has 132 valence electrons. The molecule has 1 fully saturated rings. The Labute approximate surface area is 147 Å². The number of hydrogen-bond acceptors (Lipinski definition) is 4. The molecule has 0 bridgehead atoms. The molecule has 0 aliphatic carbocycles. The van der Waals surface area contributed by atoms with Crippen LogP contribution in [-0.4, -0.2) is 32.7 Å². The lowest BCUT2D eigenvalue weighted by Crippen LogP contribution is -2.47. The van der Waals surface area contributed by atoms with Crippen LogP contribution in [0.5, 0.6) is 5.75 Å². The van der Waals surface area contributed by atoms with Crippen molar-refractivity contribution in [2.24, 2.45) is 0 Å². The van der Waals surface area contributed by atoms with Crippen molar-refractivity contribution < 1.29 is 17.9 Å². The zero-order valence-corrected chi connectivity index (χ0v) is 14.9. The first kappa shape index (κ1) is 17.3. The van der Waals surface area contributed by atoms with Crippen molar-refractivity contribution >= 4 is 27.3 Å². The third-order valence-corrected chi connectivity index (χ3v) is 7.03. The fraction of sp³-hybridized carbons (Fsp3) is 0.278. The largest absolute Gasteiger partial charge is 0.497 e. The van der Waals surface area contributed by atoms with E-state index in [4.69, 9.17) is 4.74 Å². The lowest BCUT2D eigenvalue weighted by molar-refractivity contribution is -0.118. The van der Waals surface area contributed by atoms with E-state index in [0.29, 0.717) is 17.1 Å². The molecule has 0 spiro atoms. The molecule has 0 aromatic heterocycles. The summed E-state index contributed by atoms with van der Waals surface area (Å²) in [5, 5.41) is 2.70. The predicted molar refractivity (Wildman–Crippen MR) is 97.4 cm³/mol. The van der Waals surface area contributed by atoms with Gasteiger partial charge in [0, 0.05) is 12.2 Å². The first-order valence-corrected chi connectivity index (χ1v) is 9.35. The number of benzene rings is 2. The average Bonchev–Trinajstić information content (AvgIpc) is 2.87. The molecule has 1 aliphatic rings. The Morgan fingerprint density at radius 3 is 2.36 bits per heavy atom. The lowest BCUT2D eigenvalue weighted by Gasteiger charge is -2.25. The highest BCUT2D eigenvalue weighted by Crippen LogP contribution is 2.37. The van der Waals surface area contributed by atoms with Crippen LogP contribution in [0.15, 0.2) is 54.6 Å². The normalized spacial score (nSPS) is 21.8. The summed E-state index contributed by atoms with van der Waals surface area (Å²) < 4.78 is 30.9. The molecule has 1 saturated heterocycles. The third-order valence-electron chi connectivity index (χ3n) is 4.52. The highest BCUT2D eigenvalue weighted by atomic mass is 32.2. The number of amides is 1. The molecular weight excluding hydrogens is 340 g/mol. The topological polar surface area (TPSA) is 75.7 Å². The minimum Gasteiger partial charge on any atom is -0.497 e. The average molecular weight is 360 g/mol. The monoisotopic (exact) mass is 360 g/mol. The maximum atomic E-state index is 13.0. The molecule has 7 heteroatoms. The van der Waals surface area contributed by atoms with Crippen LogP contribution in [0, 0.1) is 0 Å². The van der Waals surface area contributed by atoms with Crippen molar-refractivity contribution in [2.75, 3.05) is 23.3 Å². The Kier molecular flexibility index (Phi) is 4.43. The zero-order chi connectivity index (χ0) is 18.1. The van der Waals surface area contributed by atoms with E-state index in [1.165, 1.54) is 11.2 Å². The molecular formula is C18H20N2O4S. The second-order valence-corrected chi connectivity index (χ2v) is 8.37. The first-order valence-electron chi connectivity index (χ1n) is 7.91. The Morgan fingerprint density at radius 2 is 1.76 bits per heavy atom. The number of ether oxygens (including phenoxy) is 1. The van der Waals surface area contributed by atoms with E-state index in [0.717, 1.165) is 0 Å². The summed E-state index contributed by atoms with van der Waals surface area (Å²) in [6, 6.07) is 15.6. The van der Waals surface area contributed by atoms with Gasteiger partial charge < -0.3 is 10.1 Å². The number of rotatable bonds is 4. The Morgan fingerprint density at radius 1 is 1.12 bits per heavy atom. The fourth-order valence-corrected chi connectivity index (χ4v) is 4.69. The number of sulfonamides is 1. The number of para-hydroxylation sites is 1. The Hall–Kier alpha value is -2.54.